The minimum Gasteiger partial charge on any atom is -0.500 e. The van der Waals surface area contributed by atoms with Gasteiger partial charge in [-0.15, -0.1) is 11.8 Å². The maximum absolute atomic E-state index is 5.23. The van der Waals surface area contributed by atoms with Crippen LogP contribution in [-0.4, -0.2) is 31.5 Å². The van der Waals surface area contributed by atoms with Gasteiger partial charge in [-0.25, -0.2) is 0 Å². The van der Waals surface area contributed by atoms with Crippen molar-refractivity contribution in [1.82, 2.24) is 4.57 Å². The molecule has 0 fully saturated rings. The zero-order valence-corrected chi connectivity index (χ0v) is 12.5. The summed E-state index contributed by atoms with van der Waals surface area (Å²) in [5.41, 5.74) is 2.30. The zero-order valence-electron chi connectivity index (χ0n) is 11.7. The molecule has 0 aliphatic heterocycles. The molecule has 3 nitrogen and oxygen atoms in total. The van der Waals surface area contributed by atoms with Crippen molar-refractivity contribution in [3.63, 3.8) is 0 Å². The first kappa shape index (κ1) is 14.8. The molecule has 0 bridgehead atoms. The molecule has 1 rings (SSSR count). The number of hydrogen-bond donors (Lipinski definition) is 0. The lowest BCUT2D eigenvalue weighted by Gasteiger charge is -2.17. The molecule has 0 unspecified atom stereocenters. The van der Waals surface area contributed by atoms with Crippen LogP contribution >= 0.6 is 11.8 Å². The van der Waals surface area contributed by atoms with Gasteiger partial charge in [0.15, 0.2) is 0 Å². The number of aromatic nitrogens is 1. The summed E-state index contributed by atoms with van der Waals surface area (Å²) in [6, 6.07) is 2.18. The van der Waals surface area contributed by atoms with Crippen LogP contribution in [-0.2, 0) is 11.3 Å². The second-order valence-electron chi connectivity index (χ2n) is 4.29. The molecule has 0 radical (unpaired) electrons. The smallest absolute Gasteiger partial charge is 0.109 e. The summed E-state index contributed by atoms with van der Waals surface area (Å²) in [6.45, 7) is 11.1. The highest BCUT2D eigenvalue weighted by Gasteiger charge is 2.15. The Labute approximate surface area is 114 Å². The molecule has 0 aromatic carbocycles. The van der Waals surface area contributed by atoms with Gasteiger partial charge in [0.1, 0.15) is 12.4 Å². The van der Waals surface area contributed by atoms with E-state index >= 15 is 0 Å². The Morgan fingerprint density at radius 2 is 2.22 bits per heavy atom. The van der Waals surface area contributed by atoms with Crippen LogP contribution < -0.4 is 4.90 Å². The van der Waals surface area contributed by atoms with Crippen molar-refractivity contribution in [2.24, 2.45) is 0 Å². The van der Waals surface area contributed by atoms with E-state index in [-0.39, 0.29) is 0 Å². The Morgan fingerprint density at radius 3 is 2.67 bits per heavy atom. The number of anilines is 1. The van der Waals surface area contributed by atoms with Gasteiger partial charge in [0.25, 0.3) is 0 Å². The maximum atomic E-state index is 5.23. The molecule has 0 aliphatic rings. The average molecular weight is 266 g/mol. The fourth-order valence-electron chi connectivity index (χ4n) is 1.86. The Hall–Kier alpha value is -1.29. The summed E-state index contributed by atoms with van der Waals surface area (Å²) in [5, 5.41) is 1.24. The Bertz CT molecular complexity index is 435. The van der Waals surface area contributed by atoms with Crippen LogP contribution in [0.1, 0.15) is 12.5 Å². The van der Waals surface area contributed by atoms with E-state index in [1.54, 1.807) is 11.8 Å². The van der Waals surface area contributed by atoms with Gasteiger partial charge in [-0.3, -0.25) is 0 Å². The molecule has 100 valence electrons. The normalized spacial score (nSPS) is 10.2. The third-order valence-corrected chi connectivity index (χ3v) is 3.51. The van der Waals surface area contributed by atoms with E-state index in [9.17, 15) is 0 Å². The first-order valence-electron chi connectivity index (χ1n) is 5.86. The fourth-order valence-corrected chi connectivity index (χ4v) is 2.72. The van der Waals surface area contributed by atoms with Crippen molar-refractivity contribution < 1.29 is 4.74 Å². The fraction of sp³-hybridized carbons (Fsp3) is 0.429. The second kappa shape index (κ2) is 6.59. The van der Waals surface area contributed by atoms with Crippen molar-refractivity contribution in [3.05, 3.63) is 31.0 Å². The van der Waals surface area contributed by atoms with E-state index in [0.29, 0.717) is 6.61 Å². The molecule has 0 saturated carbocycles. The monoisotopic (exact) mass is 266 g/mol. The van der Waals surface area contributed by atoms with Crippen LogP contribution in [0.5, 0.6) is 0 Å². The molecule has 0 aliphatic carbocycles. The van der Waals surface area contributed by atoms with Crippen LogP contribution in [0.15, 0.2) is 30.5 Å². The SMILES string of the molecule is C=COCCn1c(N(C)C)cc(C(=C)C)c1SC. The van der Waals surface area contributed by atoms with Gasteiger partial charge in [-0.05, 0) is 24.8 Å². The Balaban J connectivity index is 3.16. The molecule has 0 amide bonds. The number of allylic oxidation sites excluding steroid dienone is 1. The lowest BCUT2D eigenvalue weighted by Crippen LogP contribution is -2.16. The van der Waals surface area contributed by atoms with Crippen molar-refractivity contribution >= 4 is 23.2 Å². The summed E-state index contributed by atoms with van der Waals surface area (Å²) in [7, 11) is 4.10. The highest BCUT2D eigenvalue weighted by molar-refractivity contribution is 7.98. The van der Waals surface area contributed by atoms with Gasteiger partial charge < -0.3 is 14.2 Å². The number of nitrogens with zero attached hydrogens (tertiary/aromatic N) is 2. The van der Waals surface area contributed by atoms with E-state index in [0.717, 1.165) is 12.1 Å². The Morgan fingerprint density at radius 1 is 1.56 bits per heavy atom. The van der Waals surface area contributed by atoms with Crippen molar-refractivity contribution in [1.29, 1.82) is 0 Å². The first-order valence-corrected chi connectivity index (χ1v) is 7.08. The van der Waals surface area contributed by atoms with Gasteiger partial charge in [-0.1, -0.05) is 13.2 Å². The first-order chi connectivity index (χ1) is 8.52. The molecule has 1 heterocycles. The molecule has 0 spiro atoms. The molecule has 1 aromatic heterocycles. The summed E-state index contributed by atoms with van der Waals surface area (Å²) < 4.78 is 7.50. The average Bonchev–Trinajstić information content (AvgIpc) is 2.68. The van der Waals surface area contributed by atoms with Crippen LogP contribution in [0, 0.1) is 0 Å². The molecular formula is C14H22N2OS. The number of hydrogen-bond acceptors (Lipinski definition) is 3. The van der Waals surface area contributed by atoms with E-state index in [4.69, 9.17) is 4.74 Å². The van der Waals surface area contributed by atoms with Gasteiger partial charge in [-0.2, -0.15) is 0 Å². The topological polar surface area (TPSA) is 17.4 Å². The molecular weight excluding hydrogens is 244 g/mol. The molecule has 18 heavy (non-hydrogen) atoms. The zero-order chi connectivity index (χ0) is 13.7. The van der Waals surface area contributed by atoms with Crippen LogP contribution in [0.4, 0.5) is 5.82 Å². The maximum Gasteiger partial charge on any atom is 0.109 e. The van der Waals surface area contributed by atoms with Crippen LogP contribution in [0.25, 0.3) is 5.57 Å². The number of thioether (sulfide) groups is 1. The van der Waals surface area contributed by atoms with E-state index in [1.165, 1.54) is 22.7 Å². The van der Waals surface area contributed by atoms with E-state index in [1.807, 2.05) is 21.0 Å². The molecule has 0 atom stereocenters. The largest absolute Gasteiger partial charge is 0.500 e. The predicted molar refractivity (Wildman–Crippen MR) is 81.4 cm³/mol. The van der Waals surface area contributed by atoms with Gasteiger partial charge in [0.05, 0.1) is 17.8 Å². The minimum atomic E-state index is 0.627. The number of rotatable bonds is 7. The molecule has 0 saturated heterocycles. The van der Waals surface area contributed by atoms with Crippen molar-refractivity contribution in [2.75, 3.05) is 31.9 Å². The third kappa shape index (κ3) is 3.13. The highest BCUT2D eigenvalue weighted by atomic mass is 32.2. The summed E-state index contributed by atoms with van der Waals surface area (Å²) in [5.74, 6) is 1.17. The highest BCUT2D eigenvalue weighted by Crippen LogP contribution is 2.33. The molecule has 4 heteroatoms. The third-order valence-electron chi connectivity index (χ3n) is 2.69. The standard InChI is InChI=1S/C14H22N2OS/c1-7-17-9-8-16-13(15(4)5)10-12(11(2)3)14(16)18-6/h7,10H,1-2,8-9H2,3-6H3. The van der Waals surface area contributed by atoms with Gasteiger partial charge in [0, 0.05) is 19.7 Å². The number of ether oxygens (including phenoxy) is 1. The lowest BCUT2D eigenvalue weighted by molar-refractivity contribution is 0.234. The predicted octanol–water partition coefficient (Wildman–Crippen LogP) is 3.47. The Kier molecular flexibility index (Phi) is 5.41. The van der Waals surface area contributed by atoms with Crippen molar-refractivity contribution in [2.45, 2.75) is 18.5 Å². The molecule has 1 aromatic rings. The minimum absolute atomic E-state index is 0.627. The summed E-state index contributed by atoms with van der Waals surface area (Å²) in [6.07, 6.45) is 3.57. The van der Waals surface area contributed by atoms with Crippen molar-refractivity contribution in [3.8, 4) is 0 Å². The summed E-state index contributed by atoms with van der Waals surface area (Å²) >= 11 is 1.74. The van der Waals surface area contributed by atoms with E-state index in [2.05, 4.69) is 34.9 Å². The second-order valence-corrected chi connectivity index (χ2v) is 5.08. The lowest BCUT2D eigenvalue weighted by atomic mass is 10.2. The quantitative estimate of drug-likeness (QED) is 0.427. The molecule has 0 N–H and O–H groups in total. The van der Waals surface area contributed by atoms with Crippen LogP contribution in [0.2, 0.25) is 0 Å². The van der Waals surface area contributed by atoms with Gasteiger partial charge >= 0.3 is 0 Å². The van der Waals surface area contributed by atoms with Gasteiger partial charge in [0.2, 0.25) is 0 Å². The summed E-state index contributed by atoms with van der Waals surface area (Å²) in [4.78, 5) is 2.11. The van der Waals surface area contributed by atoms with Crippen LogP contribution in [0.3, 0.4) is 0 Å². The van der Waals surface area contributed by atoms with E-state index < -0.39 is 0 Å².